The molecule has 3 rings (SSSR count). The van der Waals surface area contributed by atoms with Crippen molar-refractivity contribution in [3.8, 4) is 0 Å². The van der Waals surface area contributed by atoms with Crippen molar-refractivity contribution >= 4 is 17.5 Å². The largest absolute Gasteiger partial charge is 0.447 e. The summed E-state index contributed by atoms with van der Waals surface area (Å²) in [6.45, 7) is 2.83. The minimum absolute atomic E-state index is 0.227. The van der Waals surface area contributed by atoms with Gasteiger partial charge in [0, 0.05) is 11.7 Å². The van der Waals surface area contributed by atoms with E-state index in [2.05, 4.69) is 11.4 Å². The Balaban J connectivity index is 1.72. The van der Waals surface area contributed by atoms with Gasteiger partial charge in [0.15, 0.2) is 0 Å². The van der Waals surface area contributed by atoms with E-state index in [9.17, 15) is 9.18 Å². The number of nitrogens with zero attached hydrogens (tertiary/aromatic N) is 1. The van der Waals surface area contributed by atoms with Gasteiger partial charge in [-0.1, -0.05) is 12.5 Å². The van der Waals surface area contributed by atoms with E-state index in [1.54, 1.807) is 4.90 Å². The number of halogens is 1. The van der Waals surface area contributed by atoms with Gasteiger partial charge in [0.1, 0.15) is 6.61 Å². The molecule has 2 atom stereocenters. The van der Waals surface area contributed by atoms with E-state index in [0.717, 1.165) is 29.8 Å². The normalized spacial score (nSPS) is 24.1. The molecule has 5 heteroatoms. The maximum Gasteiger partial charge on any atom is 0.414 e. The summed E-state index contributed by atoms with van der Waals surface area (Å²) >= 11 is 0. The number of aryl methyl sites for hydroxylation is 1. The second-order valence-electron chi connectivity index (χ2n) is 6.54. The first kappa shape index (κ1) is 16.1. The van der Waals surface area contributed by atoms with Gasteiger partial charge in [0.05, 0.1) is 18.9 Å². The van der Waals surface area contributed by atoms with Crippen molar-refractivity contribution < 1.29 is 13.9 Å². The number of amides is 1. The molecule has 2 aliphatic rings. The number of nitrogens with one attached hydrogen (secondary N) is 1. The van der Waals surface area contributed by atoms with Crippen molar-refractivity contribution in [2.45, 2.75) is 45.1 Å². The number of hydrogen-bond acceptors (Lipinski definition) is 3. The van der Waals surface area contributed by atoms with Gasteiger partial charge in [-0.25, -0.2) is 4.79 Å². The van der Waals surface area contributed by atoms with Crippen LogP contribution in [0.4, 0.5) is 20.6 Å². The average Bonchev–Trinajstić information content (AvgIpc) is 3.16. The number of cyclic esters (lactones) is 1. The fraction of sp³-hybridized carbons (Fsp3) is 0.611. The summed E-state index contributed by atoms with van der Waals surface area (Å²) in [5.74, 6) is 0.548. The molecule has 1 heterocycles. The molecule has 0 aromatic heterocycles. The van der Waals surface area contributed by atoms with Crippen molar-refractivity contribution in [3.05, 3.63) is 23.8 Å². The van der Waals surface area contributed by atoms with E-state index in [0.29, 0.717) is 31.5 Å². The molecule has 1 aliphatic heterocycles. The van der Waals surface area contributed by atoms with Crippen LogP contribution in [0.3, 0.4) is 0 Å². The SMILES string of the molecule is Cc1ccc(NC2CCCC2CCCF)cc1N1CCOC1=O. The second-order valence-corrected chi connectivity index (χ2v) is 6.54. The number of carbonyl (C=O) groups is 1. The number of ether oxygens (including phenoxy) is 1. The van der Waals surface area contributed by atoms with Gasteiger partial charge in [0.2, 0.25) is 0 Å². The Bertz CT molecular complexity index is 564. The summed E-state index contributed by atoms with van der Waals surface area (Å²) in [5.41, 5.74) is 3.01. The minimum Gasteiger partial charge on any atom is -0.447 e. The van der Waals surface area contributed by atoms with Crippen molar-refractivity contribution in [1.29, 1.82) is 0 Å². The summed E-state index contributed by atoms with van der Waals surface area (Å²) in [6.07, 6.45) is 4.84. The molecule has 0 bridgehead atoms. The Morgan fingerprint density at radius 2 is 2.26 bits per heavy atom. The molecule has 1 saturated heterocycles. The van der Waals surface area contributed by atoms with E-state index in [1.807, 2.05) is 19.1 Å². The highest BCUT2D eigenvalue weighted by Crippen LogP contribution is 2.33. The van der Waals surface area contributed by atoms with Crippen LogP contribution in [0.5, 0.6) is 0 Å². The van der Waals surface area contributed by atoms with E-state index in [4.69, 9.17) is 4.74 Å². The lowest BCUT2D eigenvalue weighted by atomic mass is 9.97. The van der Waals surface area contributed by atoms with E-state index >= 15 is 0 Å². The summed E-state index contributed by atoms with van der Waals surface area (Å²) in [6, 6.07) is 6.54. The van der Waals surface area contributed by atoms with Crippen molar-refractivity contribution in [3.63, 3.8) is 0 Å². The number of anilines is 2. The molecular weight excluding hydrogens is 295 g/mol. The lowest BCUT2D eigenvalue weighted by Gasteiger charge is -2.23. The summed E-state index contributed by atoms with van der Waals surface area (Å²) in [7, 11) is 0. The Labute approximate surface area is 137 Å². The third kappa shape index (κ3) is 3.59. The minimum atomic E-state index is -0.271. The van der Waals surface area contributed by atoms with Crippen LogP contribution in [0.1, 0.15) is 37.7 Å². The summed E-state index contributed by atoms with van der Waals surface area (Å²) in [4.78, 5) is 13.5. The molecule has 1 aromatic rings. The van der Waals surface area contributed by atoms with Gasteiger partial charge < -0.3 is 10.1 Å². The van der Waals surface area contributed by atoms with Crippen LogP contribution in [-0.2, 0) is 4.74 Å². The molecule has 1 amide bonds. The smallest absolute Gasteiger partial charge is 0.414 e. The second kappa shape index (κ2) is 7.20. The maximum atomic E-state index is 12.4. The Hall–Kier alpha value is -1.78. The van der Waals surface area contributed by atoms with Crippen molar-refractivity contribution in [2.75, 3.05) is 30.0 Å². The lowest BCUT2D eigenvalue weighted by molar-refractivity contribution is 0.181. The van der Waals surface area contributed by atoms with Gasteiger partial charge in [0.25, 0.3) is 0 Å². The zero-order valence-electron chi connectivity index (χ0n) is 13.7. The monoisotopic (exact) mass is 320 g/mol. The molecule has 1 aliphatic carbocycles. The van der Waals surface area contributed by atoms with E-state index in [1.165, 1.54) is 12.8 Å². The molecule has 1 aromatic carbocycles. The Morgan fingerprint density at radius 1 is 1.39 bits per heavy atom. The van der Waals surface area contributed by atoms with E-state index in [-0.39, 0.29) is 12.8 Å². The van der Waals surface area contributed by atoms with Crippen LogP contribution in [-0.4, -0.2) is 32.0 Å². The average molecular weight is 320 g/mol. The fourth-order valence-corrected chi connectivity index (χ4v) is 3.73. The topological polar surface area (TPSA) is 41.6 Å². The van der Waals surface area contributed by atoms with Crippen LogP contribution in [0.25, 0.3) is 0 Å². The van der Waals surface area contributed by atoms with Crippen LogP contribution < -0.4 is 10.2 Å². The molecule has 2 unspecified atom stereocenters. The first-order chi connectivity index (χ1) is 11.2. The van der Waals surface area contributed by atoms with Crippen LogP contribution in [0.15, 0.2) is 18.2 Å². The summed E-state index contributed by atoms with van der Waals surface area (Å²) < 4.78 is 17.5. The van der Waals surface area contributed by atoms with Gasteiger partial charge in [-0.05, 0) is 56.2 Å². The standard InChI is InChI=1S/C18H25FN2O2/c1-13-7-8-15(12-17(13)21-10-11-23-18(21)22)20-16-6-2-4-14(16)5-3-9-19/h7-8,12,14,16,20H,2-6,9-11H2,1H3. The zero-order valence-corrected chi connectivity index (χ0v) is 13.7. The molecule has 2 fully saturated rings. The molecule has 4 nitrogen and oxygen atoms in total. The molecule has 0 spiro atoms. The fourth-order valence-electron chi connectivity index (χ4n) is 3.73. The molecule has 0 radical (unpaired) electrons. The first-order valence-corrected chi connectivity index (χ1v) is 8.56. The van der Waals surface area contributed by atoms with Crippen LogP contribution in [0, 0.1) is 12.8 Å². The number of benzene rings is 1. The molecule has 126 valence electrons. The zero-order chi connectivity index (χ0) is 16.2. The third-order valence-corrected chi connectivity index (χ3v) is 4.98. The number of alkyl halides is 1. The molecule has 1 N–H and O–H groups in total. The number of carbonyl (C=O) groups excluding carboxylic acids is 1. The Kier molecular flexibility index (Phi) is 5.03. The highest BCUT2D eigenvalue weighted by molar-refractivity contribution is 5.91. The highest BCUT2D eigenvalue weighted by atomic mass is 19.1. The predicted molar refractivity (Wildman–Crippen MR) is 89.8 cm³/mol. The molecule has 23 heavy (non-hydrogen) atoms. The van der Waals surface area contributed by atoms with Gasteiger partial charge in [-0.15, -0.1) is 0 Å². The highest BCUT2D eigenvalue weighted by Gasteiger charge is 2.28. The lowest BCUT2D eigenvalue weighted by Crippen LogP contribution is -2.26. The number of rotatable bonds is 6. The van der Waals surface area contributed by atoms with Gasteiger partial charge >= 0.3 is 6.09 Å². The molecule has 1 saturated carbocycles. The van der Waals surface area contributed by atoms with Gasteiger partial charge in [-0.2, -0.15) is 0 Å². The maximum absolute atomic E-state index is 12.4. The third-order valence-electron chi connectivity index (χ3n) is 4.98. The van der Waals surface area contributed by atoms with Crippen LogP contribution in [0.2, 0.25) is 0 Å². The van der Waals surface area contributed by atoms with Crippen molar-refractivity contribution in [1.82, 2.24) is 0 Å². The predicted octanol–water partition coefficient (Wildman–Crippen LogP) is 4.28. The Morgan fingerprint density at radius 3 is 3.00 bits per heavy atom. The van der Waals surface area contributed by atoms with Crippen LogP contribution >= 0.6 is 0 Å². The quantitative estimate of drug-likeness (QED) is 0.850. The summed E-state index contributed by atoms with van der Waals surface area (Å²) in [5, 5.41) is 3.60. The van der Waals surface area contributed by atoms with Crippen molar-refractivity contribution in [2.24, 2.45) is 5.92 Å². The molecular formula is C18H25FN2O2. The van der Waals surface area contributed by atoms with Gasteiger partial charge in [-0.3, -0.25) is 9.29 Å². The first-order valence-electron chi connectivity index (χ1n) is 8.56. The van der Waals surface area contributed by atoms with E-state index < -0.39 is 0 Å². The number of hydrogen-bond donors (Lipinski definition) is 1.